The molecule has 6 heteroatoms. The number of nitrogens with zero attached hydrogens (tertiary/aromatic N) is 1. The van der Waals surface area contributed by atoms with E-state index in [0.29, 0.717) is 40.3 Å². The molecule has 164 valence electrons. The van der Waals surface area contributed by atoms with Crippen LogP contribution in [0.3, 0.4) is 0 Å². The van der Waals surface area contributed by atoms with Gasteiger partial charge >= 0.3 is 5.63 Å². The molecule has 4 rings (SSSR count). The molecule has 1 saturated heterocycles. The minimum Gasteiger partial charge on any atom is -0.507 e. The number of likely N-dealkylation sites (tertiary alicyclic amines) is 1. The minimum atomic E-state index is -0.448. The van der Waals surface area contributed by atoms with Gasteiger partial charge < -0.3 is 19.0 Å². The SMILES string of the molecule is COc1ccc(-c2c(C)c3ccc(O)c(CN4CCCCCC4)c3oc2=O)c(OC)c1. The maximum Gasteiger partial charge on any atom is 0.344 e. The van der Waals surface area contributed by atoms with Gasteiger partial charge in [0.05, 0.1) is 25.3 Å². The van der Waals surface area contributed by atoms with Crippen LogP contribution < -0.4 is 15.1 Å². The lowest BCUT2D eigenvalue weighted by Gasteiger charge is -2.21. The Balaban J connectivity index is 1.85. The van der Waals surface area contributed by atoms with Crippen LogP contribution in [0.1, 0.15) is 36.8 Å². The fraction of sp³-hybridized carbons (Fsp3) is 0.400. The minimum absolute atomic E-state index is 0.161. The molecule has 0 atom stereocenters. The van der Waals surface area contributed by atoms with E-state index >= 15 is 0 Å². The van der Waals surface area contributed by atoms with Gasteiger partial charge in [-0.3, -0.25) is 4.90 Å². The summed E-state index contributed by atoms with van der Waals surface area (Å²) in [5.41, 5.74) is 2.59. The molecule has 0 saturated carbocycles. The van der Waals surface area contributed by atoms with Gasteiger partial charge in [0.1, 0.15) is 22.8 Å². The van der Waals surface area contributed by atoms with Crippen molar-refractivity contribution in [3.63, 3.8) is 0 Å². The van der Waals surface area contributed by atoms with Crippen LogP contribution in [0.4, 0.5) is 0 Å². The van der Waals surface area contributed by atoms with Crippen LogP contribution in [0, 0.1) is 6.92 Å². The molecule has 0 bridgehead atoms. The van der Waals surface area contributed by atoms with Crippen molar-refractivity contribution < 1.29 is 19.0 Å². The average Bonchev–Trinajstić information content (AvgIpc) is 3.04. The van der Waals surface area contributed by atoms with Gasteiger partial charge in [-0.2, -0.15) is 0 Å². The third kappa shape index (κ3) is 4.12. The Labute approximate surface area is 182 Å². The molecule has 1 aromatic heterocycles. The van der Waals surface area contributed by atoms with E-state index in [2.05, 4.69) is 4.90 Å². The Morgan fingerprint density at radius 1 is 1.03 bits per heavy atom. The number of aromatic hydroxyl groups is 1. The van der Waals surface area contributed by atoms with Crippen LogP contribution >= 0.6 is 0 Å². The van der Waals surface area contributed by atoms with Gasteiger partial charge in [-0.25, -0.2) is 4.79 Å². The fourth-order valence-electron chi connectivity index (χ4n) is 4.45. The van der Waals surface area contributed by atoms with E-state index in [1.54, 1.807) is 38.5 Å². The number of hydrogen-bond donors (Lipinski definition) is 1. The molecule has 1 aliphatic rings. The number of hydrogen-bond acceptors (Lipinski definition) is 6. The predicted molar refractivity (Wildman–Crippen MR) is 121 cm³/mol. The number of methoxy groups -OCH3 is 2. The summed E-state index contributed by atoms with van der Waals surface area (Å²) in [6, 6.07) is 8.86. The quantitative estimate of drug-likeness (QED) is 0.591. The second-order valence-corrected chi connectivity index (χ2v) is 8.09. The van der Waals surface area contributed by atoms with E-state index < -0.39 is 5.63 Å². The van der Waals surface area contributed by atoms with E-state index in [9.17, 15) is 9.90 Å². The third-order valence-electron chi connectivity index (χ3n) is 6.17. The van der Waals surface area contributed by atoms with Crippen molar-refractivity contribution in [2.75, 3.05) is 27.3 Å². The highest BCUT2D eigenvalue weighted by Gasteiger charge is 2.22. The van der Waals surface area contributed by atoms with Gasteiger partial charge in [0.15, 0.2) is 0 Å². The van der Waals surface area contributed by atoms with Gasteiger partial charge in [0, 0.05) is 23.6 Å². The first-order valence-corrected chi connectivity index (χ1v) is 10.8. The van der Waals surface area contributed by atoms with Crippen molar-refractivity contribution in [1.29, 1.82) is 0 Å². The van der Waals surface area contributed by atoms with Gasteiger partial charge in [-0.05, 0) is 62.7 Å². The van der Waals surface area contributed by atoms with Gasteiger partial charge in [0.2, 0.25) is 0 Å². The summed E-state index contributed by atoms with van der Waals surface area (Å²) >= 11 is 0. The van der Waals surface area contributed by atoms with E-state index in [0.717, 1.165) is 36.9 Å². The lowest BCUT2D eigenvalue weighted by molar-refractivity contribution is 0.272. The van der Waals surface area contributed by atoms with Gasteiger partial charge in [0.25, 0.3) is 0 Å². The molecule has 2 heterocycles. The fourth-order valence-corrected chi connectivity index (χ4v) is 4.45. The molecule has 1 fully saturated rings. The second-order valence-electron chi connectivity index (χ2n) is 8.09. The molecule has 3 aromatic rings. The molecule has 0 amide bonds. The van der Waals surface area contributed by atoms with Crippen molar-refractivity contribution in [2.24, 2.45) is 0 Å². The first-order chi connectivity index (χ1) is 15.0. The summed E-state index contributed by atoms with van der Waals surface area (Å²) in [6.45, 7) is 4.45. The number of fused-ring (bicyclic) bond motifs is 1. The Morgan fingerprint density at radius 2 is 1.77 bits per heavy atom. The average molecular weight is 424 g/mol. The molecule has 0 spiro atoms. The molecule has 1 N–H and O–H groups in total. The number of phenols is 1. The number of phenolic OH excluding ortho intramolecular Hbond substituents is 1. The second kappa shape index (κ2) is 9.02. The summed E-state index contributed by atoms with van der Waals surface area (Å²) in [5.74, 6) is 1.35. The molecule has 31 heavy (non-hydrogen) atoms. The summed E-state index contributed by atoms with van der Waals surface area (Å²) in [5, 5.41) is 11.4. The van der Waals surface area contributed by atoms with E-state index in [1.807, 2.05) is 13.0 Å². The number of aryl methyl sites for hydroxylation is 1. The lowest BCUT2D eigenvalue weighted by Crippen LogP contribution is -2.24. The first-order valence-electron chi connectivity index (χ1n) is 10.8. The zero-order valence-corrected chi connectivity index (χ0v) is 18.4. The molecule has 6 nitrogen and oxygen atoms in total. The third-order valence-corrected chi connectivity index (χ3v) is 6.17. The zero-order chi connectivity index (χ0) is 22.0. The van der Waals surface area contributed by atoms with Crippen molar-refractivity contribution >= 4 is 11.0 Å². The number of rotatable bonds is 5. The Hall–Kier alpha value is -2.99. The highest BCUT2D eigenvalue weighted by molar-refractivity contribution is 5.90. The van der Waals surface area contributed by atoms with E-state index in [-0.39, 0.29) is 5.75 Å². The number of benzene rings is 2. The Kier molecular flexibility index (Phi) is 6.18. The molecular formula is C25H29NO5. The maximum absolute atomic E-state index is 13.1. The number of ether oxygens (including phenoxy) is 2. The van der Waals surface area contributed by atoms with Crippen molar-refractivity contribution in [1.82, 2.24) is 4.90 Å². The molecule has 0 aliphatic carbocycles. The standard InChI is InChI=1S/C25H29NO5/c1-16-18-10-11-21(27)20(15-26-12-6-4-5-7-13-26)24(18)31-25(28)23(16)19-9-8-17(29-2)14-22(19)30-3/h8-11,14,27H,4-7,12-13,15H2,1-3H3. The molecular weight excluding hydrogens is 394 g/mol. The van der Waals surface area contributed by atoms with Crippen molar-refractivity contribution in [3.8, 4) is 28.4 Å². The first kappa shape index (κ1) is 21.2. The smallest absolute Gasteiger partial charge is 0.344 e. The van der Waals surface area contributed by atoms with E-state index in [1.165, 1.54) is 12.8 Å². The van der Waals surface area contributed by atoms with Crippen molar-refractivity contribution in [3.05, 3.63) is 51.9 Å². The van der Waals surface area contributed by atoms with Gasteiger partial charge in [-0.15, -0.1) is 0 Å². The Morgan fingerprint density at radius 3 is 2.45 bits per heavy atom. The van der Waals surface area contributed by atoms with Crippen LogP contribution in [0.25, 0.3) is 22.1 Å². The van der Waals surface area contributed by atoms with Crippen molar-refractivity contribution in [2.45, 2.75) is 39.2 Å². The Bertz CT molecular complexity index is 1140. The summed E-state index contributed by atoms with van der Waals surface area (Å²) in [7, 11) is 3.15. The normalized spacial score (nSPS) is 15.1. The molecule has 0 radical (unpaired) electrons. The summed E-state index contributed by atoms with van der Waals surface area (Å²) in [6.07, 6.45) is 4.77. The summed E-state index contributed by atoms with van der Waals surface area (Å²) in [4.78, 5) is 15.5. The van der Waals surface area contributed by atoms with Gasteiger partial charge in [-0.1, -0.05) is 12.8 Å². The van der Waals surface area contributed by atoms with Crippen LogP contribution in [0.5, 0.6) is 17.2 Å². The van der Waals surface area contributed by atoms with Crippen LogP contribution in [0.15, 0.2) is 39.5 Å². The maximum atomic E-state index is 13.1. The monoisotopic (exact) mass is 423 g/mol. The zero-order valence-electron chi connectivity index (χ0n) is 18.4. The molecule has 2 aromatic carbocycles. The van der Waals surface area contributed by atoms with Crippen LogP contribution in [0.2, 0.25) is 0 Å². The molecule has 0 unspecified atom stereocenters. The predicted octanol–water partition coefficient (Wildman–Crippen LogP) is 4.87. The van der Waals surface area contributed by atoms with Crippen LogP contribution in [-0.4, -0.2) is 37.3 Å². The lowest BCUT2D eigenvalue weighted by atomic mass is 9.97. The molecule has 1 aliphatic heterocycles. The van der Waals surface area contributed by atoms with Crippen LogP contribution in [-0.2, 0) is 6.54 Å². The highest BCUT2D eigenvalue weighted by Crippen LogP contribution is 2.37. The highest BCUT2D eigenvalue weighted by atomic mass is 16.5. The summed E-state index contributed by atoms with van der Waals surface area (Å²) < 4.78 is 16.6. The topological polar surface area (TPSA) is 72.1 Å². The van der Waals surface area contributed by atoms with E-state index in [4.69, 9.17) is 13.9 Å². The largest absolute Gasteiger partial charge is 0.507 e.